The molecule has 2 rings (SSSR count). The predicted octanol–water partition coefficient (Wildman–Crippen LogP) is 4.62. The topological polar surface area (TPSA) is 56.8 Å². The number of hydrogen-bond donors (Lipinski definition) is 1. The van der Waals surface area contributed by atoms with E-state index < -0.39 is 11.7 Å². The van der Waals surface area contributed by atoms with Crippen LogP contribution in [0.4, 0.5) is 10.5 Å². The van der Waals surface area contributed by atoms with Gasteiger partial charge in [-0.25, -0.2) is 4.79 Å². The molecule has 0 radical (unpaired) electrons. The molecule has 0 saturated carbocycles. The van der Waals surface area contributed by atoms with E-state index in [-0.39, 0.29) is 0 Å². The molecule has 1 N–H and O–H groups in total. The second-order valence-electron chi connectivity index (χ2n) is 6.27. The molecular weight excluding hydrogens is 306 g/mol. The van der Waals surface area contributed by atoms with E-state index in [1.165, 1.54) is 0 Å². The van der Waals surface area contributed by atoms with Crippen molar-refractivity contribution in [2.75, 3.05) is 12.4 Å². The van der Waals surface area contributed by atoms with Gasteiger partial charge >= 0.3 is 6.09 Å². The lowest BCUT2D eigenvalue weighted by molar-refractivity contribution is 0.0636. The highest BCUT2D eigenvalue weighted by atomic mass is 16.6. The van der Waals surface area contributed by atoms with Crippen LogP contribution in [0.5, 0.6) is 11.5 Å². The molecule has 0 bridgehead atoms. The van der Waals surface area contributed by atoms with Crippen molar-refractivity contribution in [3.63, 3.8) is 0 Å². The molecule has 1 amide bonds. The van der Waals surface area contributed by atoms with Crippen molar-refractivity contribution < 1.29 is 19.0 Å². The molecule has 0 atom stereocenters. The summed E-state index contributed by atoms with van der Waals surface area (Å²) >= 11 is 0. The van der Waals surface area contributed by atoms with Gasteiger partial charge in [0.05, 0.1) is 7.11 Å². The average molecular weight is 329 g/mol. The lowest BCUT2D eigenvalue weighted by Gasteiger charge is -2.20. The zero-order valence-electron chi connectivity index (χ0n) is 14.5. The van der Waals surface area contributed by atoms with E-state index >= 15 is 0 Å². The fraction of sp³-hybridized carbons (Fsp3) is 0.316. The molecule has 128 valence electrons. The van der Waals surface area contributed by atoms with Gasteiger partial charge in [0, 0.05) is 11.8 Å². The monoisotopic (exact) mass is 329 g/mol. The van der Waals surface area contributed by atoms with Crippen molar-refractivity contribution in [2.45, 2.75) is 33.0 Å². The Morgan fingerprint density at radius 2 is 1.75 bits per heavy atom. The highest BCUT2D eigenvalue weighted by Crippen LogP contribution is 2.31. The summed E-state index contributed by atoms with van der Waals surface area (Å²) in [4.78, 5) is 11.8. The molecule has 0 aromatic heterocycles. The van der Waals surface area contributed by atoms with Gasteiger partial charge in [0.15, 0.2) is 11.5 Å². The van der Waals surface area contributed by atoms with Crippen LogP contribution in [0, 0.1) is 0 Å². The summed E-state index contributed by atoms with van der Waals surface area (Å²) in [6.07, 6.45) is -0.512. The van der Waals surface area contributed by atoms with Gasteiger partial charge in [-0.2, -0.15) is 0 Å². The third kappa shape index (κ3) is 5.50. The summed E-state index contributed by atoms with van der Waals surface area (Å²) in [6.45, 7) is 5.88. The Morgan fingerprint density at radius 1 is 1.04 bits per heavy atom. The number of carbonyl (C=O) groups excluding carboxylic acids is 1. The average Bonchev–Trinajstić information content (AvgIpc) is 2.52. The fourth-order valence-electron chi connectivity index (χ4n) is 2.02. The maximum atomic E-state index is 11.8. The van der Waals surface area contributed by atoms with Crippen LogP contribution in [-0.4, -0.2) is 18.8 Å². The molecule has 24 heavy (non-hydrogen) atoms. The lowest BCUT2D eigenvalue weighted by Crippen LogP contribution is -2.27. The number of carbonyl (C=O) groups is 1. The van der Waals surface area contributed by atoms with Gasteiger partial charge in [0.25, 0.3) is 0 Å². The zero-order chi connectivity index (χ0) is 17.6. The van der Waals surface area contributed by atoms with Crippen molar-refractivity contribution in [1.29, 1.82) is 0 Å². The van der Waals surface area contributed by atoms with Crippen LogP contribution in [-0.2, 0) is 11.3 Å². The normalized spacial score (nSPS) is 10.8. The van der Waals surface area contributed by atoms with E-state index in [0.717, 1.165) is 5.56 Å². The Kier molecular flexibility index (Phi) is 5.68. The number of benzene rings is 2. The summed E-state index contributed by atoms with van der Waals surface area (Å²) in [5.41, 5.74) is 1.09. The number of hydrogen-bond acceptors (Lipinski definition) is 4. The standard InChI is InChI=1S/C19H23NO4/c1-19(2,3)24-18(21)20-15-10-11-16(17(12-15)22-4)23-13-14-8-6-5-7-9-14/h5-12H,13H2,1-4H3,(H,20,21). The highest BCUT2D eigenvalue weighted by Gasteiger charge is 2.16. The molecule has 5 nitrogen and oxygen atoms in total. The molecule has 0 saturated heterocycles. The molecule has 5 heteroatoms. The molecular formula is C19H23NO4. The SMILES string of the molecule is COc1cc(NC(=O)OC(C)(C)C)ccc1OCc1ccccc1. The van der Waals surface area contributed by atoms with Gasteiger partial charge in [-0.05, 0) is 38.5 Å². The molecule has 0 fully saturated rings. The van der Waals surface area contributed by atoms with Crippen molar-refractivity contribution in [3.05, 3.63) is 54.1 Å². The van der Waals surface area contributed by atoms with Gasteiger partial charge in [-0.15, -0.1) is 0 Å². The number of ether oxygens (including phenoxy) is 3. The van der Waals surface area contributed by atoms with Crippen molar-refractivity contribution in [3.8, 4) is 11.5 Å². The Hall–Kier alpha value is -2.69. The fourth-order valence-corrected chi connectivity index (χ4v) is 2.02. The van der Waals surface area contributed by atoms with Gasteiger partial charge in [0.2, 0.25) is 0 Å². The molecule has 0 spiro atoms. The number of rotatable bonds is 5. The van der Waals surface area contributed by atoms with Crippen molar-refractivity contribution >= 4 is 11.8 Å². The number of nitrogens with one attached hydrogen (secondary N) is 1. The van der Waals surface area contributed by atoms with Crippen LogP contribution in [0.2, 0.25) is 0 Å². The maximum absolute atomic E-state index is 11.8. The van der Waals surface area contributed by atoms with E-state index in [1.54, 1.807) is 25.3 Å². The summed E-state index contributed by atoms with van der Waals surface area (Å²) in [5.74, 6) is 1.15. The largest absolute Gasteiger partial charge is 0.493 e. The third-order valence-corrected chi connectivity index (χ3v) is 3.05. The highest BCUT2D eigenvalue weighted by molar-refractivity contribution is 5.85. The third-order valence-electron chi connectivity index (χ3n) is 3.05. The van der Waals surface area contributed by atoms with Crippen LogP contribution < -0.4 is 14.8 Å². The van der Waals surface area contributed by atoms with Gasteiger partial charge in [-0.3, -0.25) is 5.32 Å². The zero-order valence-corrected chi connectivity index (χ0v) is 14.5. The first-order valence-corrected chi connectivity index (χ1v) is 7.72. The first kappa shape index (κ1) is 17.7. The smallest absolute Gasteiger partial charge is 0.412 e. The second kappa shape index (κ2) is 7.73. The molecule has 2 aromatic rings. The lowest BCUT2D eigenvalue weighted by atomic mass is 10.2. The minimum Gasteiger partial charge on any atom is -0.493 e. The van der Waals surface area contributed by atoms with E-state index in [1.807, 2.05) is 51.1 Å². The van der Waals surface area contributed by atoms with Gasteiger partial charge in [-0.1, -0.05) is 30.3 Å². The number of methoxy groups -OCH3 is 1. The van der Waals surface area contributed by atoms with E-state index in [4.69, 9.17) is 14.2 Å². The van der Waals surface area contributed by atoms with Crippen molar-refractivity contribution in [1.82, 2.24) is 0 Å². The summed E-state index contributed by atoms with van der Waals surface area (Å²) in [5, 5.41) is 2.68. The minimum absolute atomic E-state index is 0.441. The Bertz CT molecular complexity index is 678. The van der Waals surface area contributed by atoms with Crippen LogP contribution in [0.1, 0.15) is 26.3 Å². The van der Waals surface area contributed by atoms with Crippen LogP contribution in [0.25, 0.3) is 0 Å². The first-order valence-electron chi connectivity index (χ1n) is 7.72. The van der Waals surface area contributed by atoms with Crippen LogP contribution in [0.3, 0.4) is 0 Å². The van der Waals surface area contributed by atoms with Gasteiger partial charge in [0.1, 0.15) is 12.2 Å². The van der Waals surface area contributed by atoms with Crippen LogP contribution in [0.15, 0.2) is 48.5 Å². The molecule has 0 heterocycles. The number of anilines is 1. The van der Waals surface area contributed by atoms with E-state index in [2.05, 4.69) is 5.32 Å². The summed E-state index contributed by atoms with van der Waals surface area (Å²) in [6, 6.07) is 15.1. The van der Waals surface area contributed by atoms with Crippen LogP contribution >= 0.6 is 0 Å². The quantitative estimate of drug-likeness (QED) is 0.869. The van der Waals surface area contributed by atoms with E-state index in [9.17, 15) is 4.79 Å². The molecule has 2 aromatic carbocycles. The van der Waals surface area contributed by atoms with Crippen molar-refractivity contribution in [2.24, 2.45) is 0 Å². The molecule has 0 aliphatic carbocycles. The second-order valence-corrected chi connectivity index (χ2v) is 6.27. The summed E-state index contributed by atoms with van der Waals surface area (Å²) in [7, 11) is 1.56. The minimum atomic E-state index is -0.549. The molecule has 0 unspecified atom stereocenters. The van der Waals surface area contributed by atoms with Gasteiger partial charge < -0.3 is 14.2 Å². The molecule has 0 aliphatic rings. The predicted molar refractivity (Wildman–Crippen MR) is 93.6 cm³/mol. The maximum Gasteiger partial charge on any atom is 0.412 e. The van der Waals surface area contributed by atoms with E-state index in [0.29, 0.717) is 23.8 Å². The summed E-state index contributed by atoms with van der Waals surface area (Å²) < 4.78 is 16.4. The Labute approximate surface area is 142 Å². The Balaban J connectivity index is 2.03. The molecule has 0 aliphatic heterocycles. The number of amides is 1. The first-order chi connectivity index (χ1) is 11.4. The Morgan fingerprint density at radius 3 is 2.38 bits per heavy atom.